The average molecular weight is 426 g/mol. The van der Waals surface area contributed by atoms with Crippen molar-refractivity contribution in [2.24, 2.45) is 5.11 Å². The zero-order chi connectivity index (χ0) is 22.1. The van der Waals surface area contributed by atoms with Crippen LogP contribution < -0.4 is 11.4 Å². The molecule has 2 heterocycles. The molecule has 1 fully saturated rings. The molecule has 30 heavy (non-hydrogen) atoms. The number of azide groups is 1. The monoisotopic (exact) mass is 426 g/mol. The highest BCUT2D eigenvalue weighted by Crippen LogP contribution is 2.41. The fourth-order valence-corrected chi connectivity index (χ4v) is 3.34. The first-order valence-electron chi connectivity index (χ1n) is 9.86. The van der Waals surface area contributed by atoms with Crippen LogP contribution in [-0.4, -0.2) is 51.7 Å². The van der Waals surface area contributed by atoms with Gasteiger partial charge in [0.1, 0.15) is 11.4 Å². The Morgan fingerprint density at radius 1 is 1.50 bits per heavy atom. The van der Waals surface area contributed by atoms with Gasteiger partial charge in [0, 0.05) is 17.5 Å². The largest absolute Gasteiger partial charge is 0.456 e. The van der Waals surface area contributed by atoms with E-state index in [1.165, 1.54) is 12.3 Å². The number of nitrogens with zero attached hydrogens (tertiary/aromatic N) is 5. The lowest BCUT2D eigenvalue weighted by molar-refractivity contribution is -0.167. The molecule has 0 unspecified atom stereocenters. The van der Waals surface area contributed by atoms with Gasteiger partial charge in [-0.05, 0) is 18.0 Å². The third-order valence-electron chi connectivity index (χ3n) is 4.97. The highest BCUT2D eigenvalue weighted by Gasteiger charge is 2.58. The van der Waals surface area contributed by atoms with Crippen LogP contribution in [0.5, 0.6) is 0 Å². The van der Waals surface area contributed by atoms with Crippen molar-refractivity contribution in [2.75, 3.05) is 18.9 Å². The predicted octanol–water partition coefficient (Wildman–Crippen LogP) is 2.01. The number of anilines is 1. The van der Waals surface area contributed by atoms with Gasteiger partial charge in [0.25, 0.3) is 0 Å². The fourth-order valence-electron chi connectivity index (χ4n) is 3.34. The molecular weight excluding hydrogens is 399 g/mol. The third-order valence-corrected chi connectivity index (χ3v) is 4.97. The SMILES string of the molecule is CCCCCCCC(=O)O[C@H]1[C@@H](F)[C@H](n2ccc(N)nc2=O)O[C@@]1(CO)CN=[N+]=[N-]. The van der Waals surface area contributed by atoms with Crippen molar-refractivity contribution >= 4 is 11.8 Å². The smallest absolute Gasteiger partial charge is 0.351 e. The number of halogens is 1. The number of aliphatic hydroxyl groups excluding tert-OH is 1. The van der Waals surface area contributed by atoms with Gasteiger partial charge in [-0.15, -0.1) is 0 Å². The first-order chi connectivity index (χ1) is 14.4. The number of nitrogen functional groups attached to an aromatic ring is 1. The van der Waals surface area contributed by atoms with Crippen LogP contribution in [0.1, 0.15) is 51.7 Å². The summed E-state index contributed by atoms with van der Waals surface area (Å²) in [5.74, 6) is -0.719. The molecule has 0 bridgehead atoms. The highest BCUT2D eigenvalue weighted by atomic mass is 19.1. The number of unbranched alkanes of at least 4 members (excludes halogenated alkanes) is 4. The summed E-state index contributed by atoms with van der Waals surface area (Å²) in [5, 5.41) is 13.3. The lowest BCUT2D eigenvalue weighted by Crippen LogP contribution is -2.50. The number of hydrogen-bond donors (Lipinski definition) is 2. The maximum absolute atomic E-state index is 15.3. The molecular formula is C18H27FN6O5. The number of aliphatic hydroxyl groups is 1. The Hall–Kier alpha value is -2.69. The minimum absolute atomic E-state index is 0.0572. The van der Waals surface area contributed by atoms with Crippen molar-refractivity contribution in [3.8, 4) is 0 Å². The molecule has 0 saturated carbocycles. The zero-order valence-corrected chi connectivity index (χ0v) is 16.8. The fraction of sp³-hybridized carbons (Fsp3) is 0.722. The molecule has 1 aromatic rings. The van der Waals surface area contributed by atoms with Gasteiger partial charge in [0.15, 0.2) is 18.5 Å². The number of carbonyl (C=O) groups is 1. The molecule has 0 aromatic carbocycles. The lowest BCUT2D eigenvalue weighted by Gasteiger charge is -2.30. The van der Waals surface area contributed by atoms with Gasteiger partial charge < -0.3 is 20.3 Å². The minimum atomic E-state index is -2.02. The third kappa shape index (κ3) is 5.47. The predicted molar refractivity (Wildman–Crippen MR) is 105 cm³/mol. The second-order valence-electron chi connectivity index (χ2n) is 7.18. The number of rotatable bonds is 11. The van der Waals surface area contributed by atoms with Crippen molar-refractivity contribution in [1.29, 1.82) is 0 Å². The van der Waals surface area contributed by atoms with E-state index in [1.54, 1.807) is 0 Å². The maximum atomic E-state index is 15.3. The van der Waals surface area contributed by atoms with Crippen molar-refractivity contribution in [3.63, 3.8) is 0 Å². The van der Waals surface area contributed by atoms with Gasteiger partial charge in [-0.25, -0.2) is 9.18 Å². The number of nitrogens with two attached hydrogens (primary N) is 1. The summed E-state index contributed by atoms with van der Waals surface area (Å²) in [6, 6.07) is 1.28. The molecule has 3 N–H and O–H groups in total. The molecule has 11 nitrogen and oxygen atoms in total. The van der Waals surface area contributed by atoms with E-state index in [0.29, 0.717) is 6.42 Å². The molecule has 0 aliphatic carbocycles. The molecule has 1 aliphatic rings. The Bertz CT molecular complexity index is 830. The van der Waals surface area contributed by atoms with Crippen LogP contribution in [0.25, 0.3) is 10.4 Å². The summed E-state index contributed by atoms with van der Waals surface area (Å²) in [6.07, 6.45) is 0.640. The van der Waals surface area contributed by atoms with Gasteiger partial charge in [0.05, 0.1) is 13.2 Å². The van der Waals surface area contributed by atoms with Gasteiger partial charge in [-0.3, -0.25) is 9.36 Å². The van der Waals surface area contributed by atoms with Crippen LogP contribution >= 0.6 is 0 Å². The van der Waals surface area contributed by atoms with Crippen molar-refractivity contribution in [2.45, 2.75) is 69.6 Å². The first kappa shape index (κ1) is 23.6. The van der Waals surface area contributed by atoms with Gasteiger partial charge in [0.2, 0.25) is 0 Å². The molecule has 12 heteroatoms. The van der Waals surface area contributed by atoms with E-state index < -0.39 is 48.9 Å². The summed E-state index contributed by atoms with van der Waals surface area (Å²) in [6.45, 7) is 0.781. The van der Waals surface area contributed by atoms with Crippen molar-refractivity contribution in [3.05, 3.63) is 33.2 Å². The van der Waals surface area contributed by atoms with Crippen LogP contribution in [0, 0.1) is 0 Å². The van der Waals surface area contributed by atoms with E-state index in [0.717, 1.165) is 30.3 Å². The van der Waals surface area contributed by atoms with Gasteiger partial charge in [-0.2, -0.15) is 4.98 Å². The number of carbonyl (C=O) groups excluding carboxylic acids is 1. The van der Waals surface area contributed by atoms with Gasteiger partial charge >= 0.3 is 11.7 Å². The minimum Gasteiger partial charge on any atom is -0.456 e. The normalized spacial score (nSPS) is 25.6. The van der Waals surface area contributed by atoms with Crippen LogP contribution in [0.4, 0.5) is 10.2 Å². The van der Waals surface area contributed by atoms with E-state index in [4.69, 9.17) is 20.7 Å². The summed E-state index contributed by atoms with van der Waals surface area (Å²) in [5.41, 5.74) is 11.4. The average Bonchev–Trinajstić information content (AvgIpc) is 2.98. The molecule has 1 saturated heterocycles. The maximum Gasteiger partial charge on any atom is 0.351 e. The summed E-state index contributed by atoms with van der Waals surface area (Å²) in [4.78, 5) is 30.5. The van der Waals surface area contributed by atoms with E-state index >= 15 is 4.39 Å². The second-order valence-corrected chi connectivity index (χ2v) is 7.18. The Kier molecular flexibility index (Phi) is 8.58. The van der Waals surface area contributed by atoms with Gasteiger partial charge in [-0.1, -0.05) is 37.7 Å². The first-order valence-corrected chi connectivity index (χ1v) is 9.86. The van der Waals surface area contributed by atoms with E-state index in [2.05, 4.69) is 21.9 Å². The van der Waals surface area contributed by atoms with E-state index in [-0.39, 0.29) is 12.2 Å². The van der Waals surface area contributed by atoms with E-state index in [1.807, 2.05) is 0 Å². The standard InChI is InChI=1S/C18H27FN6O5/c1-2-3-4-5-6-7-13(27)29-15-14(19)16(25-9-8-12(20)23-17(25)28)30-18(15,11-26)10-22-24-21/h8-9,14-16,26H,2-7,10-11H2,1H3,(H2,20,23,28)/t14-,15+,16-,18-/m1/s1. The molecule has 166 valence electrons. The van der Waals surface area contributed by atoms with Crippen LogP contribution in [0.15, 0.2) is 22.2 Å². The van der Waals surface area contributed by atoms with Crippen LogP contribution in [0.2, 0.25) is 0 Å². The Morgan fingerprint density at radius 3 is 2.87 bits per heavy atom. The summed E-state index contributed by atoms with van der Waals surface area (Å²) >= 11 is 0. The molecule has 1 aliphatic heterocycles. The number of alkyl halides is 1. The van der Waals surface area contributed by atoms with Crippen molar-refractivity contribution < 1.29 is 23.8 Å². The Labute approximate surface area is 172 Å². The number of esters is 1. The molecule has 1 aromatic heterocycles. The molecule has 0 radical (unpaired) electrons. The second kappa shape index (κ2) is 10.9. The number of aromatic nitrogens is 2. The Morgan fingerprint density at radius 2 is 2.23 bits per heavy atom. The topological polar surface area (TPSA) is 165 Å². The molecule has 4 atom stereocenters. The Balaban J connectivity index is 2.21. The summed E-state index contributed by atoms with van der Waals surface area (Å²) in [7, 11) is 0. The van der Waals surface area contributed by atoms with Crippen LogP contribution in [-0.2, 0) is 14.3 Å². The zero-order valence-electron chi connectivity index (χ0n) is 16.8. The van der Waals surface area contributed by atoms with E-state index in [9.17, 15) is 14.7 Å². The summed E-state index contributed by atoms with van der Waals surface area (Å²) < 4.78 is 27.1. The van der Waals surface area contributed by atoms with Crippen molar-refractivity contribution in [1.82, 2.24) is 9.55 Å². The number of hydrogen-bond acceptors (Lipinski definition) is 8. The number of ether oxygens (including phenoxy) is 2. The van der Waals surface area contributed by atoms with Crippen LogP contribution in [0.3, 0.4) is 0 Å². The quantitative estimate of drug-likeness (QED) is 0.179. The molecule has 0 spiro atoms. The molecule has 2 rings (SSSR count). The molecule has 0 amide bonds. The lowest BCUT2D eigenvalue weighted by atomic mass is 9.96. The highest BCUT2D eigenvalue weighted by molar-refractivity contribution is 5.69.